The second-order valence-corrected chi connectivity index (χ2v) is 12.7. The van der Waals surface area contributed by atoms with Gasteiger partial charge in [0.2, 0.25) is 0 Å². The normalized spacial score (nSPS) is 21.0. The molecule has 11 heteroatoms. The van der Waals surface area contributed by atoms with Gasteiger partial charge in [-0.3, -0.25) is 4.79 Å². The smallest absolute Gasteiger partial charge is 0.253 e. The third-order valence-corrected chi connectivity index (χ3v) is 9.39. The summed E-state index contributed by atoms with van der Waals surface area (Å²) in [6.07, 6.45) is 3.61. The fourth-order valence-corrected chi connectivity index (χ4v) is 5.93. The molecule has 10 nitrogen and oxygen atoms in total. The van der Waals surface area contributed by atoms with Crippen molar-refractivity contribution < 1.29 is 29.6 Å². The summed E-state index contributed by atoms with van der Waals surface area (Å²) in [5, 5.41) is 29.8. The van der Waals surface area contributed by atoms with Gasteiger partial charge in [-0.2, -0.15) is 0 Å². The quantitative estimate of drug-likeness (QED) is 0.272. The van der Waals surface area contributed by atoms with E-state index in [1.54, 1.807) is 14.0 Å². The second-order valence-electron chi connectivity index (χ2n) is 11.9. The molecule has 0 aliphatic carbocycles. The van der Waals surface area contributed by atoms with Crippen LogP contribution in [-0.4, -0.2) is 94.3 Å². The standard InChI is InChI=1S/C27H37N3O6.C7H8BrN/c1-5-18-6-9-25(28-11-18)29-12-20(13-29)36-24-10-19(7-8-23(24)35-4)21-14-30(26(34)22(33)15-31)16-27(21,3)17(2)32;1-2-6-3-4-7(8)9-5-6/h6-11,17,20-22,31-33H,5,12-16H2,1-4H3;3-5H,2H2,1H3/t17-,21+,22+,27+;/m1./s1. The highest BCUT2D eigenvalue weighted by Crippen LogP contribution is 2.47. The predicted octanol–water partition coefficient (Wildman–Crippen LogP) is 3.99. The van der Waals surface area contributed by atoms with Crippen LogP contribution in [-0.2, 0) is 17.6 Å². The lowest BCUT2D eigenvalue weighted by Gasteiger charge is -2.40. The van der Waals surface area contributed by atoms with Gasteiger partial charge in [-0.05, 0) is 76.7 Å². The Kier molecular flexibility index (Phi) is 11.8. The van der Waals surface area contributed by atoms with E-state index >= 15 is 0 Å². The molecule has 5 rings (SSSR count). The Morgan fingerprint density at radius 1 is 1.02 bits per heavy atom. The number of aliphatic hydroxyl groups excluding tert-OH is 3. The van der Waals surface area contributed by atoms with Crippen LogP contribution < -0.4 is 14.4 Å². The molecule has 2 aromatic heterocycles. The number of hydrogen-bond donors (Lipinski definition) is 3. The molecule has 2 saturated heterocycles. The Morgan fingerprint density at radius 2 is 1.69 bits per heavy atom. The van der Waals surface area contributed by atoms with Crippen molar-refractivity contribution in [2.75, 3.05) is 44.8 Å². The van der Waals surface area contributed by atoms with Crippen molar-refractivity contribution >= 4 is 27.7 Å². The minimum absolute atomic E-state index is 0.0219. The zero-order chi connectivity index (χ0) is 32.7. The van der Waals surface area contributed by atoms with Gasteiger partial charge in [-0.1, -0.05) is 39.0 Å². The first-order valence-electron chi connectivity index (χ1n) is 15.4. The van der Waals surface area contributed by atoms with Gasteiger partial charge in [0.05, 0.1) is 32.9 Å². The maximum Gasteiger partial charge on any atom is 0.253 e. The highest BCUT2D eigenvalue weighted by Gasteiger charge is 2.49. The Hall–Kier alpha value is -3.25. The van der Waals surface area contributed by atoms with Gasteiger partial charge in [-0.15, -0.1) is 0 Å². The number of aryl methyl sites for hydroxylation is 2. The van der Waals surface area contributed by atoms with Crippen molar-refractivity contribution in [3.8, 4) is 11.5 Å². The number of anilines is 1. The molecular weight excluding hydrogens is 640 g/mol. The SMILES string of the molecule is CCc1ccc(Br)nc1.CCc1ccc(N2CC(Oc3cc([C@@H]4CN(C(=O)[C@@H](O)CO)C[C@@]4(C)[C@@H](C)O)ccc3OC)C2)nc1. The number of benzene rings is 1. The third kappa shape index (κ3) is 8.13. The lowest BCUT2D eigenvalue weighted by molar-refractivity contribution is -0.141. The Morgan fingerprint density at radius 3 is 2.22 bits per heavy atom. The highest BCUT2D eigenvalue weighted by molar-refractivity contribution is 9.10. The van der Waals surface area contributed by atoms with Gasteiger partial charge in [-0.25, -0.2) is 9.97 Å². The number of methoxy groups -OCH3 is 1. The summed E-state index contributed by atoms with van der Waals surface area (Å²) in [5.41, 5.74) is 2.75. The maximum absolute atomic E-state index is 12.6. The van der Waals surface area contributed by atoms with Gasteiger partial charge in [0.25, 0.3) is 5.91 Å². The number of ether oxygens (including phenoxy) is 2. The van der Waals surface area contributed by atoms with Crippen LogP contribution in [0.4, 0.5) is 5.82 Å². The zero-order valence-corrected chi connectivity index (χ0v) is 28.3. The molecule has 0 saturated carbocycles. The van der Waals surface area contributed by atoms with Crippen molar-refractivity contribution in [3.05, 3.63) is 76.2 Å². The predicted molar refractivity (Wildman–Crippen MR) is 177 cm³/mol. The van der Waals surface area contributed by atoms with Crippen molar-refractivity contribution in [2.45, 2.75) is 64.8 Å². The minimum Gasteiger partial charge on any atom is -0.493 e. The van der Waals surface area contributed by atoms with Crippen LogP contribution in [0.2, 0.25) is 0 Å². The number of nitrogens with zero attached hydrogens (tertiary/aromatic N) is 4. The molecule has 4 atom stereocenters. The van der Waals surface area contributed by atoms with Crippen LogP contribution in [0.5, 0.6) is 11.5 Å². The molecule has 3 aromatic rings. The first kappa shape index (κ1) is 34.6. The summed E-state index contributed by atoms with van der Waals surface area (Å²) in [5.74, 6) is 1.43. The molecule has 0 spiro atoms. The van der Waals surface area contributed by atoms with Crippen LogP contribution in [0.1, 0.15) is 50.3 Å². The van der Waals surface area contributed by atoms with E-state index < -0.39 is 30.1 Å². The van der Waals surface area contributed by atoms with Crippen LogP contribution in [0.3, 0.4) is 0 Å². The Balaban J connectivity index is 0.000000440. The van der Waals surface area contributed by atoms with Crippen molar-refractivity contribution in [1.82, 2.24) is 14.9 Å². The van der Waals surface area contributed by atoms with Crippen LogP contribution in [0.25, 0.3) is 0 Å². The summed E-state index contributed by atoms with van der Waals surface area (Å²) in [7, 11) is 1.60. The second kappa shape index (κ2) is 15.4. The Labute approximate surface area is 274 Å². The fraction of sp³-hybridized carbons (Fsp3) is 0.500. The summed E-state index contributed by atoms with van der Waals surface area (Å²) in [4.78, 5) is 24.9. The molecule has 1 aromatic carbocycles. The van der Waals surface area contributed by atoms with E-state index in [9.17, 15) is 20.1 Å². The molecule has 0 unspecified atom stereocenters. The summed E-state index contributed by atoms with van der Waals surface area (Å²) in [6.45, 7) is 9.25. The minimum atomic E-state index is -1.47. The monoisotopic (exact) mass is 684 g/mol. The van der Waals surface area contributed by atoms with E-state index in [1.165, 1.54) is 16.0 Å². The zero-order valence-electron chi connectivity index (χ0n) is 26.7. The number of amides is 1. The molecule has 2 fully saturated rings. The molecule has 3 N–H and O–H groups in total. The molecule has 4 heterocycles. The topological polar surface area (TPSA) is 128 Å². The van der Waals surface area contributed by atoms with Gasteiger partial charge in [0, 0.05) is 36.8 Å². The number of aromatic nitrogens is 2. The lowest BCUT2D eigenvalue weighted by Crippen LogP contribution is -2.54. The molecule has 1 amide bonds. The molecule has 2 aliphatic rings. The molecule has 244 valence electrons. The van der Waals surface area contributed by atoms with Crippen LogP contribution >= 0.6 is 15.9 Å². The van der Waals surface area contributed by atoms with E-state index in [0.717, 1.165) is 28.8 Å². The first-order chi connectivity index (χ1) is 21.5. The average Bonchev–Trinajstić information content (AvgIpc) is 3.41. The molecule has 45 heavy (non-hydrogen) atoms. The van der Waals surface area contributed by atoms with Crippen LogP contribution in [0.15, 0.2) is 59.5 Å². The van der Waals surface area contributed by atoms with Crippen molar-refractivity contribution in [3.63, 3.8) is 0 Å². The van der Waals surface area contributed by atoms with Crippen molar-refractivity contribution in [2.24, 2.45) is 5.41 Å². The van der Waals surface area contributed by atoms with E-state index in [1.807, 2.05) is 49.6 Å². The first-order valence-corrected chi connectivity index (χ1v) is 16.2. The van der Waals surface area contributed by atoms with E-state index in [-0.39, 0.29) is 18.6 Å². The summed E-state index contributed by atoms with van der Waals surface area (Å²) >= 11 is 3.26. The highest BCUT2D eigenvalue weighted by atomic mass is 79.9. The van der Waals surface area contributed by atoms with Gasteiger partial charge in [0.1, 0.15) is 16.5 Å². The molecular formula is C34H45BrN4O6. The summed E-state index contributed by atoms with van der Waals surface area (Å²) < 4.78 is 12.8. The number of hydrogen-bond acceptors (Lipinski definition) is 9. The van der Waals surface area contributed by atoms with E-state index in [2.05, 4.69) is 56.8 Å². The van der Waals surface area contributed by atoms with Gasteiger partial charge in [0.15, 0.2) is 17.6 Å². The fourth-order valence-electron chi connectivity index (χ4n) is 5.69. The Bertz CT molecular complexity index is 1400. The number of pyridine rings is 2. The molecule has 0 bridgehead atoms. The molecule has 0 radical (unpaired) electrons. The summed E-state index contributed by atoms with van der Waals surface area (Å²) in [6, 6.07) is 13.9. The maximum atomic E-state index is 12.6. The van der Waals surface area contributed by atoms with E-state index in [4.69, 9.17) is 9.47 Å². The number of halogens is 1. The van der Waals surface area contributed by atoms with E-state index in [0.29, 0.717) is 31.1 Å². The molecule has 2 aliphatic heterocycles. The van der Waals surface area contributed by atoms with Crippen molar-refractivity contribution in [1.29, 1.82) is 0 Å². The third-order valence-electron chi connectivity index (χ3n) is 8.92. The number of carbonyl (C=O) groups excluding carboxylic acids is 1. The van der Waals surface area contributed by atoms with Crippen LogP contribution in [0, 0.1) is 5.41 Å². The number of carbonyl (C=O) groups is 1. The van der Waals surface area contributed by atoms with Gasteiger partial charge < -0.3 is 34.6 Å². The number of rotatable bonds is 10. The van der Waals surface area contributed by atoms with Gasteiger partial charge >= 0.3 is 0 Å². The number of likely N-dealkylation sites (tertiary alicyclic amines) is 1. The number of aliphatic hydroxyl groups is 3. The largest absolute Gasteiger partial charge is 0.493 e. The average molecular weight is 686 g/mol. The lowest BCUT2D eigenvalue weighted by atomic mass is 9.72.